The molecule has 0 unspecified atom stereocenters. The van der Waals surface area contributed by atoms with E-state index in [9.17, 15) is 22.8 Å². The van der Waals surface area contributed by atoms with Crippen LogP contribution < -0.4 is 10.2 Å². The molecule has 2 amide bonds. The van der Waals surface area contributed by atoms with E-state index in [-0.39, 0.29) is 30.5 Å². The summed E-state index contributed by atoms with van der Waals surface area (Å²) in [7, 11) is 1.50. The van der Waals surface area contributed by atoms with Crippen molar-refractivity contribution in [2.45, 2.75) is 12.6 Å². The highest BCUT2D eigenvalue weighted by molar-refractivity contribution is 6.00. The van der Waals surface area contributed by atoms with Crippen molar-refractivity contribution in [3.05, 3.63) is 29.8 Å². The maximum atomic E-state index is 12.8. The van der Waals surface area contributed by atoms with Gasteiger partial charge in [-0.2, -0.15) is 13.2 Å². The Labute approximate surface area is 131 Å². The van der Waals surface area contributed by atoms with Gasteiger partial charge < -0.3 is 15.0 Å². The molecule has 1 aliphatic rings. The molecule has 1 saturated heterocycles. The normalized spacial score (nSPS) is 18.3. The first-order valence-electron chi connectivity index (χ1n) is 7.07. The monoisotopic (exact) mass is 330 g/mol. The van der Waals surface area contributed by atoms with Crippen LogP contribution in [0.25, 0.3) is 0 Å². The molecule has 1 atom stereocenters. The van der Waals surface area contributed by atoms with E-state index in [1.54, 1.807) is 0 Å². The van der Waals surface area contributed by atoms with Gasteiger partial charge >= 0.3 is 6.18 Å². The molecule has 1 N–H and O–H groups in total. The summed E-state index contributed by atoms with van der Waals surface area (Å²) in [4.78, 5) is 25.2. The average molecular weight is 330 g/mol. The van der Waals surface area contributed by atoms with Crippen LogP contribution in [0.15, 0.2) is 24.3 Å². The van der Waals surface area contributed by atoms with E-state index in [2.05, 4.69) is 5.32 Å². The van der Waals surface area contributed by atoms with Crippen LogP contribution in [0.1, 0.15) is 12.0 Å². The van der Waals surface area contributed by atoms with Gasteiger partial charge in [0.1, 0.15) is 0 Å². The first-order valence-corrected chi connectivity index (χ1v) is 7.07. The Morgan fingerprint density at radius 1 is 1.43 bits per heavy atom. The molecule has 5 nitrogen and oxygen atoms in total. The standard InChI is InChI=1S/C15H17F3N2O3/c1-23-6-5-19-14(22)10-7-13(21)20(9-10)12-4-2-3-11(8-12)15(16,17)18/h2-4,8,10H,5-7,9H2,1H3,(H,19,22)/t10-/m1/s1. The lowest BCUT2D eigenvalue weighted by molar-refractivity contribution is -0.137. The van der Waals surface area contributed by atoms with E-state index in [1.165, 1.54) is 24.1 Å². The number of nitrogens with zero attached hydrogens (tertiary/aromatic N) is 1. The molecule has 23 heavy (non-hydrogen) atoms. The van der Waals surface area contributed by atoms with Crippen molar-refractivity contribution < 1.29 is 27.5 Å². The molecule has 1 aliphatic heterocycles. The maximum absolute atomic E-state index is 12.8. The Hall–Kier alpha value is -2.09. The van der Waals surface area contributed by atoms with Crippen LogP contribution in [0.2, 0.25) is 0 Å². The van der Waals surface area contributed by atoms with Crippen LogP contribution in [-0.4, -0.2) is 38.6 Å². The van der Waals surface area contributed by atoms with Crippen LogP contribution in [0.4, 0.5) is 18.9 Å². The highest BCUT2D eigenvalue weighted by Crippen LogP contribution is 2.33. The number of anilines is 1. The van der Waals surface area contributed by atoms with Gasteiger partial charge in [-0.05, 0) is 18.2 Å². The number of halogens is 3. The number of ether oxygens (including phenoxy) is 1. The zero-order chi connectivity index (χ0) is 17.0. The number of methoxy groups -OCH3 is 1. The minimum absolute atomic E-state index is 0.0188. The predicted octanol–water partition coefficient (Wildman–Crippen LogP) is 1.82. The molecule has 126 valence electrons. The number of carbonyl (C=O) groups is 2. The van der Waals surface area contributed by atoms with Crippen LogP contribution in [0, 0.1) is 5.92 Å². The zero-order valence-corrected chi connectivity index (χ0v) is 12.5. The number of amides is 2. The number of hydrogen-bond acceptors (Lipinski definition) is 3. The molecular weight excluding hydrogens is 313 g/mol. The average Bonchev–Trinajstić information content (AvgIpc) is 2.89. The molecule has 0 spiro atoms. The number of nitrogens with one attached hydrogen (secondary N) is 1. The molecule has 0 bridgehead atoms. The molecule has 1 heterocycles. The van der Waals surface area contributed by atoms with Crippen LogP contribution >= 0.6 is 0 Å². The van der Waals surface area contributed by atoms with Gasteiger partial charge in [-0.25, -0.2) is 0 Å². The highest BCUT2D eigenvalue weighted by Gasteiger charge is 2.36. The number of alkyl halides is 3. The molecule has 0 aromatic heterocycles. The molecule has 0 aliphatic carbocycles. The summed E-state index contributed by atoms with van der Waals surface area (Å²) >= 11 is 0. The van der Waals surface area contributed by atoms with Crippen molar-refractivity contribution >= 4 is 17.5 Å². The maximum Gasteiger partial charge on any atom is 0.416 e. The first kappa shape index (κ1) is 17.3. The second kappa shape index (κ2) is 6.99. The SMILES string of the molecule is COCCNC(=O)[C@@H]1CC(=O)N(c2cccc(C(F)(F)F)c2)C1. The van der Waals surface area contributed by atoms with Crippen molar-refractivity contribution in [2.75, 3.05) is 31.7 Å². The van der Waals surface area contributed by atoms with Gasteiger partial charge in [-0.1, -0.05) is 6.07 Å². The summed E-state index contributed by atoms with van der Waals surface area (Å²) < 4.78 is 43.1. The number of carbonyl (C=O) groups excluding carboxylic acids is 2. The second-order valence-corrected chi connectivity index (χ2v) is 5.24. The van der Waals surface area contributed by atoms with Gasteiger partial charge in [0.25, 0.3) is 0 Å². The third-order valence-corrected chi connectivity index (χ3v) is 3.59. The fourth-order valence-electron chi connectivity index (χ4n) is 2.40. The topological polar surface area (TPSA) is 58.6 Å². The van der Waals surface area contributed by atoms with Gasteiger partial charge in [0, 0.05) is 32.3 Å². The number of hydrogen-bond donors (Lipinski definition) is 1. The predicted molar refractivity (Wildman–Crippen MR) is 76.8 cm³/mol. The fourth-order valence-corrected chi connectivity index (χ4v) is 2.40. The third-order valence-electron chi connectivity index (χ3n) is 3.59. The van der Waals surface area contributed by atoms with Crippen molar-refractivity contribution in [1.29, 1.82) is 0 Å². The van der Waals surface area contributed by atoms with E-state index < -0.39 is 17.7 Å². The largest absolute Gasteiger partial charge is 0.416 e. The minimum atomic E-state index is -4.48. The van der Waals surface area contributed by atoms with Crippen LogP contribution in [0.3, 0.4) is 0 Å². The van der Waals surface area contributed by atoms with E-state index in [0.29, 0.717) is 13.2 Å². The Kier molecular flexibility index (Phi) is 5.25. The van der Waals surface area contributed by atoms with Gasteiger partial charge in [-0.3, -0.25) is 9.59 Å². The van der Waals surface area contributed by atoms with Crippen LogP contribution in [-0.2, 0) is 20.5 Å². The van der Waals surface area contributed by atoms with Gasteiger partial charge in [0.05, 0.1) is 18.1 Å². The van der Waals surface area contributed by atoms with Gasteiger partial charge in [0.2, 0.25) is 11.8 Å². The highest BCUT2D eigenvalue weighted by atomic mass is 19.4. The lowest BCUT2D eigenvalue weighted by Crippen LogP contribution is -2.34. The van der Waals surface area contributed by atoms with Crippen molar-refractivity contribution in [2.24, 2.45) is 5.92 Å². The fraction of sp³-hybridized carbons (Fsp3) is 0.467. The first-order chi connectivity index (χ1) is 10.8. The molecule has 1 aromatic carbocycles. The summed E-state index contributed by atoms with van der Waals surface area (Å²) in [6.07, 6.45) is -4.50. The minimum Gasteiger partial charge on any atom is -0.383 e. The Bertz CT molecular complexity index is 590. The number of rotatable bonds is 5. The molecule has 0 saturated carbocycles. The van der Waals surface area contributed by atoms with Crippen molar-refractivity contribution in [3.63, 3.8) is 0 Å². The lowest BCUT2D eigenvalue weighted by Gasteiger charge is -2.18. The van der Waals surface area contributed by atoms with E-state index in [1.807, 2.05) is 0 Å². The summed E-state index contributed by atoms with van der Waals surface area (Å²) in [6.45, 7) is 0.742. The second-order valence-electron chi connectivity index (χ2n) is 5.24. The summed E-state index contributed by atoms with van der Waals surface area (Å²) in [5.41, 5.74) is -0.673. The Morgan fingerprint density at radius 3 is 2.83 bits per heavy atom. The van der Waals surface area contributed by atoms with Gasteiger partial charge in [-0.15, -0.1) is 0 Å². The quantitative estimate of drug-likeness (QED) is 0.838. The van der Waals surface area contributed by atoms with E-state index >= 15 is 0 Å². The molecular formula is C15H17F3N2O3. The zero-order valence-electron chi connectivity index (χ0n) is 12.5. The third kappa shape index (κ3) is 4.22. The summed E-state index contributed by atoms with van der Waals surface area (Å²) in [6, 6.07) is 4.54. The Morgan fingerprint density at radius 2 is 2.17 bits per heavy atom. The van der Waals surface area contributed by atoms with E-state index in [0.717, 1.165) is 12.1 Å². The van der Waals surface area contributed by atoms with Gasteiger partial charge in [0.15, 0.2) is 0 Å². The lowest BCUT2D eigenvalue weighted by atomic mass is 10.1. The molecule has 1 fully saturated rings. The molecule has 1 aromatic rings. The summed E-state index contributed by atoms with van der Waals surface area (Å²) in [5, 5.41) is 2.63. The smallest absolute Gasteiger partial charge is 0.383 e. The molecule has 8 heteroatoms. The van der Waals surface area contributed by atoms with Crippen molar-refractivity contribution in [3.8, 4) is 0 Å². The Balaban J connectivity index is 2.07. The van der Waals surface area contributed by atoms with Crippen LogP contribution in [0.5, 0.6) is 0 Å². The summed E-state index contributed by atoms with van der Waals surface area (Å²) in [5.74, 6) is -1.24. The molecule has 0 radical (unpaired) electrons. The molecule has 2 rings (SSSR count). The van der Waals surface area contributed by atoms with E-state index in [4.69, 9.17) is 4.74 Å². The van der Waals surface area contributed by atoms with Crippen molar-refractivity contribution in [1.82, 2.24) is 5.32 Å². The number of benzene rings is 1.